The fourth-order valence-corrected chi connectivity index (χ4v) is 1.68. The Morgan fingerprint density at radius 2 is 2.00 bits per heavy atom. The van der Waals surface area contributed by atoms with Crippen molar-refractivity contribution >= 4 is 11.8 Å². The van der Waals surface area contributed by atoms with Crippen molar-refractivity contribution in [3.63, 3.8) is 0 Å². The Bertz CT molecular complexity index is 65.9. The Balaban J connectivity index is 3.32. The summed E-state index contributed by atoms with van der Waals surface area (Å²) in [4.78, 5) is 0. The average molecular weight is 147 g/mol. The van der Waals surface area contributed by atoms with Crippen molar-refractivity contribution in [3.05, 3.63) is 0 Å². The van der Waals surface area contributed by atoms with E-state index in [1.807, 2.05) is 11.8 Å². The third-order valence-corrected chi connectivity index (χ3v) is 2.71. The summed E-state index contributed by atoms with van der Waals surface area (Å²) in [6, 6.07) is 0.384. The topological polar surface area (TPSA) is 26.0 Å². The van der Waals surface area contributed by atoms with Crippen LogP contribution in [-0.2, 0) is 0 Å². The van der Waals surface area contributed by atoms with Crippen molar-refractivity contribution in [2.24, 2.45) is 5.73 Å². The van der Waals surface area contributed by atoms with Crippen LogP contribution in [0, 0.1) is 0 Å². The summed E-state index contributed by atoms with van der Waals surface area (Å²) in [6.07, 6.45) is 1.09. The van der Waals surface area contributed by atoms with Crippen molar-refractivity contribution in [1.29, 1.82) is 0 Å². The lowest BCUT2D eigenvalue weighted by molar-refractivity contribution is 0.642. The van der Waals surface area contributed by atoms with Gasteiger partial charge in [0, 0.05) is 11.3 Å². The lowest BCUT2D eigenvalue weighted by atomic mass is 10.2. The molecule has 0 spiro atoms. The normalized spacial score (nSPS) is 17.3. The molecule has 0 aliphatic rings. The molecule has 0 radical (unpaired) electrons. The number of thioether (sulfide) groups is 1. The Morgan fingerprint density at radius 1 is 1.44 bits per heavy atom. The molecule has 0 aliphatic heterocycles. The van der Waals surface area contributed by atoms with Crippen molar-refractivity contribution in [3.8, 4) is 0 Å². The predicted molar refractivity (Wildman–Crippen MR) is 45.9 cm³/mol. The zero-order valence-corrected chi connectivity index (χ0v) is 7.37. The van der Waals surface area contributed by atoms with Gasteiger partial charge in [0.15, 0.2) is 0 Å². The molecular weight excluding hydrogens is 130 g/mol. The third-order valence-electron chi connectivity index (χ3n) is 1.50. The van der Waals surface area contributed by atoms with Crippen LogP contribution in [0.1, 0.15) is 27.2 Å². The van der Waals surface area contributed by atoms with Crippen LogP contribution in [0.15, 0.2) is 0 Å². The molecule has 9 heavy (non-hydrogen) atoms. The summed E-state index contributed by atoms with van der Waals surface area (Å²) in [5.74, 6) is 1.18. The van der Waals surface area contributed by atoms with E-state index in [-0.39, 0.29) is 0 Å². The van der Waals surface area contributed by atoms with Gasteiger partial charge in [0.25, 0.3) is 0 Å². The minimum absolute atomic E-state index is 0.384. The Kier molecular flexibility index (Phi) is 5.30. The van der Waals surface area contributed by atoms with Crippen LogP contribution in [0.4, 0.5) is 0 Å². The van der Waals surface area contributed by atoms with Gasteiger partial charge in [-0.15, -0.1) is 0 Å². The van der Waals surface area contributed by atoms with Crippen LogP contribution in [-0.4, -0.2) is 17.0 Å². The second-order valence-electron chi connectivity index (χ2n) is 2.23. The fraction of sp³-hybridized carbons (Fsp3) is 1.00. The van der Waals surface area contributed by atoms with Gasteiger partial charge in [0.2, 0.25) is 0 Å². The highest BCUT2D eigenvalue weighted by Crippen LogP contribution is 2.13. The summed E-state index contributed by atoms with van der Waals surface area (Å²) >= 11 is 1.94. The highest BCUT2D eigenvalue weighted by atomic mass is 32.2. The zero-order chi connectivity index (χ0) is 7.28. The van der Waals surface area contributed by atoms with Gasteiger partial charge < -0.3 is 5.73 Å². The molecule has 0 aliphatic carbocycles. The van der Waals surface area contributed by atoms with Gasteiger partial charge in [-0.2, -0.15) is 11.8 Å². The van der Waals surface area contributed by atoms with Crippen molar-refractivity contribution in [1.82, 2.24) is 0 Å². The van der Waals surface area contributed by atoms with Crippen LogP contribution in [0.3, 0.4) is 0 Å². The quantitative estimate of drug-likeness (QED) is 0.657. The van der Waals surface area contributed by atoms with Crippen LogP contribution in [0.5, 0.6) is 0 Å². The maximum absolute atomic E-state index is 5.78. The molecule has 0 bridgehead atoms. The number of rotatable bonds is 4. The van der Waals surface area contributed by atoms with Crippen LogP contribution in [0.25, 0.3) is 0 Å². The van der Waals surface area contributed by atoms with Crippen LogP contribution in [0.2, 0.25) is 0 Å². The molecule has 2 atom stereocenters. The molecular formula is C7H17NS. The molecule has 0 fully saturated rings. The SMILES string of the molecule is CCSC(C)C(N)CC. The molecule has 0 saturated carbocycles. The lowest BCUT2D eigenvalue weighted by Crippen LogP contribution is -2.29. The first-order chi connectivity index (χ1) is 4.22. The number of hydrogen-bond acceptors (Lipinski definition) is 2. The Labute approximate surface area is 62.4 Å². The van der Waals surface area contributed by atoms with Gasteiger partial charge in [-0.05, 0) is 12.2 Å². The van der Waals surface area contributed by atoms with Gasteiger partial charge in [0.05, 0.1) is 0 Å². The first-order valence-corrected chi connectivity index (χ1v) is 4.64. The molecule has 2 unspecified atom stereocenters. The van der Waals surface area contributed by atoms with Crippen molar-refractivity contribution < 1.29 is 0 Å². The molecule has 0 heterocycles. The standard InChI is InChI=1S/C7H17NS/c1-4-7(8)6(3)9-5-2/h6-7H,4-5,8H2,1-3H3. The smallest absolute Gasteiger partial charge is 0.0170 e. The maximum atomic E-state index is 5.78. The van der Waals surface area contributed by atoms with Crippen molar-refractivity contribution in [2.75, 3.05) is 5.75 Å². The third kappa shape index (κ3) is 3.82. The molecule has 2 heteroatoms. The van der Waals surface area contributed by atoms with Gasteiger partial charge in [-0.1, -0.05) is 20.8 Å². The largest absolute Gasteiger partial charge is 0.327 e. The molecule has 0 amide bonds. The van der Waals surface area contributed by atoms with E-state index in [0.29, 0.717) is 11.3 Å². The first-order valence-electron chi connectivity index (χ1n) is 3.59. The molecule has 1 nitrogen and oxygen atoms in total. The lowest BCUT2D eigenvalue weighted by Gasteiger charge is -2.16. The Hall–Kier alpha value is 0.310. The van der Waals surface area contributed by atoms with E-state index in [9.17, 15) is 0 Å². The summed E-state index contributed by atoms with van der Waals surface area (Å²) in [5.41, 5.74) is 5.78. The van der Waals surface area contributed by atoms with E-state index in [2.05, 4.69) is 20.8 Å². The van der Waals surface area contributed by atoms with E-state index in [1.54, 1.807) is 0 Å². The highest BCUT2D eigenvalue weighted by molar-refractivity contribution is 7.99. The van der Waals surface area contributed by atoms with E-state index in [4.69, 9.17) is 5.73 Å². The molecule has 0 aromatic carbocycles. The fourth-order valence-electron chi connectivity index (χ4n) is 0.718. The zero-order valence-electron chi connectivity index (χ0n) is 6.55. The van der Waals surface area contributed by atoms with E-state index in [1.165, 1.54) is 5.75 Å². The maximum Gasteiger partial charge on any atom is 0.0170 e. The van der Waals surface area contributed by atoms with Gasteiger partial charge in [-0.3, -0.25) is 0 Å². The predicted octanol–water partition coefficient (Wildman–Crippen LogP) is 1.87. The summed E-state index contributed by atoms with van der Waals surface area (Å²) < 4.78 is 0. The number of hydrogen-bond donors (Lipinski definition) is 1. The Morgan fingerprint density at radius 3 is 2.33 bits per heavy atom. The molecule has 56 valence electrons. The van der Waals surface area contributed by atoms with Crippen LogP contribution < -0.4 is 5.73 Å². The minimum Gasteiger partial charge on any atom is -0.327 e. The first kappa shape index (κ1) is 9.31. The molecule has 0 aromatic heterocycles. The highest BCUT2D eigenvalue weighted by Gasteiger charge is 2.08. The minimum atomic E-state index is 0.384. The molecule has 0 aromatic rings. The van der Waals surface area contributed by atoms with Crippen molar-refractivity contribution in [2.45, 2.75) is 38.5 Å². The van der Waals surface area contributed by atoms with Gasteiger partial charge in [-0.25, -0.2) is 0 Å². The molecule has 2 N–H and O–H groups in total. The second-order valence-corrected chi connectivity index (χ2v) is 3.89. The van der Waals surface area contributed by atoms with E-state index >= 15 is 0 Å². The number of nitrogens with two attached hydrogens (primary N) is 1. The molecule has 0 rings (SSSR count). The average Bonchev–Trinajstić information content (AvgIpc) is 1.87. The van der Waals surface area contributed by atoms with Gasteiger partial charge >= 0.3 is 0 Å². The van der Waals surface area contributed by atoms with Gasteiger partial charge in [0.1, 0.15) is 0 Å². The van der Waals surface area contributed by atoms with E-state index in [0.717, 1.165) is 6.42 Å². The summed E-state index contributed by atoms with van der Waals surface area (Å²) in [6.45, 7) is 6.50. The molecule has 0 saturated heterocycles. The van der Waals surface area contributed by atoms with Crippen LogP contribution >= 0.6 is 11.8 Å². The van der Waals surface area contributed by atoms with E-state index < -0.39 is 0 Å². The second kappa shape index (κ2) is 5.12. The summed E-state index contributed by atoms with van der Waals surface area (Å²) in [7, 11) is 0. The monoisotopic (exact) mass is 147 g/mol. The summed E-state index contributed by atoms with van der Waals surface area (Å²) in [5, 5.41) is 0.625.